The Balaban J connectivity index is 1.23. The van der Waals surface area contributed by atoms with E-state index in [-0.39, 0.29) is 17.9 Å². The Morgan fingerprint density at radius 1 is 1.18 bits per heavy atom. The van der Waals surface area contributed by atoms with E-state index in [4.69, 9.17) is 4.74 Å². The van der Waals surface area contributed by atoms with Gasteiger partial charge in [0.05, 0.1) is 28.8 Å². The third kappa shape index (κ3) is 5.91. The molecular formula is C28H34N6O3S. The second kappa shape index (κ2) is 11.7. The molecule has 2 aliphatic heterocycles. The number of piperidine rings is 1. The molecule has 1 saturated heterocycles. The second-order valence-corrected chi connectivity index (χ2v) is 11.3. The number of fused-ring (bicyclic) bond motifs is 2. The molecule has 2 amide bonds. The Labute approximate surface area is 227 Å². The summed E-state index contributed by atoms with van der Waals surface area (Å²) in [5, 5.41) is 2.80. The summed E-state index contributed by atoms with van der Waals surface area (Å²) in [4.78, 5) is 44.4. The Morgan fingerprint density at radius 3 is 2.76 bits per heavy atom. The summed E-state index contributed by atoms with van der Waals surface area (Å²) in [6.45, 7) is 7.73. The van der Waals surface area contributed by atoms with Crippen LogP contribution < -0.4 is 10.1 Å². The van der Waals surface area contributed by atoms with E-state index in [0.717, 1.165) is 60.4 Å². The van der Waals surface area contributed by atoms with Crippen LogP contribution in [0.4, 0.5) is 5.82 Å². The first-order valence-corrected chi connectivity index (χ1v) is 14.2. The number of pyridine rings is 3. The zero-order valence-corrected chi connectivity index (χ0v) is 23.0. The van der Waals surface area contributed by atoms with E-state index >= 15 is 0 Å². The zero-order valence-electron chi connectivity index (χ0n) is 22.1. The van der Waals surface area contributed by atoms with Crippen molar-refractivity contribution in [2.45, 2.75) is 44.0 Å². The average molecular weight is 535 g/mol. The molecular weight excluding hydrogens is 500 g/mol. The Morgan fingerprint density at radius 2 is 2.00 bits per heavy atom. The smallest absolute Gasteiger partial charge is 0.272 e. The number of carbonyl (C=O) groups excluding carboxylic acids is 2. The van der Waals surface area contributed by atoms with Gasteiger partial charge in [-0.3, -0.25) is 14.6 Å². The zero-order chi connectivity index (χ0) is 26.6. The summed E-state index contributed by atoms with van der Waals surface area (Å²) in [6.07, 6.45) is 4.55. The van der Waals surface area contributed by atoms with E-state index in [1.54, 1.807) is 13.2 Å². The summed E-state index contributed by atoms with van der Waals surface area (Å²) < 4.78 is 5.31. The molecule has 5 rings (SSSR count). The molecule has 0 saturated carbocycles. The lowest BCUT2D eigenvalue weighted by molar-refractivity contribution is -0.113. The minimum atomic E-state index is -0.0827. The molecule has 0 unspecified atom stereocenters. The minimum Gasteiger partial charge on any atom is -0.481 e. The highest BCUT2D eigenvalue weighted by Gasteiger charge is 2.30. The van der Waals surface area contributed by atoms with Crippen molar-refractivity contribution in [1.29, 1.82) is 0 Å². The fourth-order valence-electron chi connectivity index (χ4n) is 5.13. The lowest BCUT2D eigenvalue weighted by Gasteiger charge is -2.39. The first-order valence-electron chi connectivity index (χ1n) is 13.2. The van der Waals surface area contributed by atoms with Gasteiger partial charge in [-0.05, 0) is 55.0 Å². The van der Waals surface area contributed by atoms with Crippen LogP contribution in [-0.4, -0.2) is 81.6 Å². The molecule has 38 heavy (non-hydrogen) atoms. The van der Waals surface area contributed by atoms with Crippen LogP contribution in [0, 0.1) is 5.92 Å². The predicted molar refractivity (Wildman–Crippen MR) is 149 cm³/mol. The van der Waals surface area contributed by atoms with Crippen LogP contribution in [0.25, 0.3) is 11.0 Å². The molecule has 3 aromatic rings. The summed E-state index contributed by atoms with van der Waals surface area (Å²) in [7, 11) is 1.63. The highest BCUT2D eigenvalue weighted by atomic mass is 32.2. The van der Waals surface area contributed by atoms with Gasteiger partial charge in [0.25, 0.3) is 5.91 Å². The third-order valence-electron chi connectivity index (χ3n) is 7.06. The topological polar surface area (TPSA) is 101 Å². The van der Waals surface area contributed by atoms with Gasteiger partial charge >= 0.3 is 0 Å². The van der Waals surface area contributed by atoms with Gasteiger partial charge in [-0.25, -0.2) is 9.97 Å². The summed E-state index contributed by atoms with van der Waals surface area (Å²) in [6, 6.07) is 9.66. The molecule has 10 heteroatoms. The van der Waals surface area contributed by atoms with Crippen LogP contribution in [0.15, 0.2) is 41.4 Å². The van der Waals surface area contributed by atoms with E-state index in [0.29, 0.717) is 35.6 Å². The number of anilines is 1. The maximum atomic E-state index is 13.6. The Kier molecular flexibility index (Phi) is 8.09. The van der Waals surface area contributed by atoms with Crippen molar-refractivity contribution in [3.63, 3.8) is 0 Å². The van der Waals surface area contributed by atoms with Crippen molar-refractivity contribution < 1.29 is 14.3 Å². The number of nitrogens with one attached hydrogen (secondary N) is 1. The summed E-state index contributed by atoms with van der Waals surface area (Å²) in [5.74, 6) is 1.66. The number of nitrogens with zero attached hydrogens (tertiary/aromatic N) is 5. The SMILES string of the molecule is COc1ccc2nccc(CCN3CCC(N(CC(C)C)C(=O)c4ccc5c(n4)NC(=O)CS5)CC3)c2n1. The lowest BCUT2D eigenvalue weighted by Crippen LogP contribution is -2.49. The van der Waals surface area contributed by atoms with Gasteiger partial charge in [0, 0.05) is 44.5 Å². The van der Waals surface area contributed by atoms with Crippen LogP contribution >= 0.6 is 11.8 Å². The van der Waals surface area contributed by atoms with Crippen molar-refractivity contribution in [2.75, 3.05) is 44.4 Å². The number of methoxy groups -OCH3 is 1. The van der Waals surface area contributed by atoms with Crippen molar-refractivity contribution >= 4 is 40.4 Å². The Bertz CT molecular complexity index is 1330. The van der Waals surface area contributed by atoms with Crippen LogP contribution in [-0.2, 0) is 11.2 Å². The van der Waals surface area contributed by atoms with E-state index < -0.39 is 0 Å². The summed E-state index contributed by atoms with van der Waals surface area (Å²) in [5.41, 5.74) is 3.32. The number of carbonyl (C=O) groups is 2. The van der Waals surface area contributed by atoms with Crippen molar-refractivity contribution in [1.82, 2.24) is 24.8 Å². The van der Waals surface area contributed by atoms with Gasteiger partial charge in [0.1, 0.15) is 11.5 Å². The maximum absolute atomic E-state index is 13.6. The molecule has 0 atom stereocenters. The first kappa shape index (κ1) is 26.4. The van der Waals surface area contributed by atoms with Crippen molar-refractivity contribution in [3.8, 4) is 5.88 Å². The van der Waals surface area contributed by atoms with E-state index in [9.17, 15) is 9.59 Å². The molecule has 200 valence electrons. The average Bonchev–Trinajstić information content (AvgIpc) is 2.94. The molecule has 1 N–H and O–H groups in total. The van der Waals surface area contributed by atoms with Crippen LogP contribution in [0.2, 0.25) is 0 Å². The number of hydrogen-bond acceptors (Lipinski definition) is 8. The number of likely N-dealkylation sites (tertiary alicyclic amines) is 1. The molecule has 3 aromatic heterocycles. The van der Waals surface area contributed by atoms with E-state index in [2.05, 4.69) is 39.0 Å². The van der Waals surface area contributed by atoms with Gasteiger partial charge in [-0.1, -0.05) is 13.8 Å². The summed E-state index contributed by atoms with van der Waals surface area (Å²) >= 11 is 1.45. The largest absolute Gasteiger partial charge is 0.481 e. The van der Waals surface area contributed by atoms with Gasteiger partial charge in [-0.15, -0.1) is 11.8 Å². The molecule has 0 spiro atoms. The molecule has 0 aliphatic carbocycles. The molecule has 0 bridgehead atoms. The first-order chi connectivity index (χ1) is 18.4. The van der Waals surface area contributed by atoms with Crippen molar-refractivity contribution in [2.24, 2.45) is 5.92 Å². The number of thioether (sulfide) groups is 1. The number of aromatic nitrogens is 3. The van der Waals surface area contributed by atoms with Crippen LogP contribution in [0.3, 0.4) is 0 Å². The number of rotatable bonds is 8. The highest BCUT2D eigenvalue weighted by molar-refractivity contribution is 8.00. The monoisotopic (exact) mass is 534 g/mol. The fourth-order valence-corrected chi connectivity index (χ4v) is 5.89. The number of hydrogen-bond donors (Lipinski definition) is 1. The molecule has 0 radical (unpaired) electrons. The molecule has 9 nitrogen and oxygen atoms in total. The fraction of sp³-hybridized carbons (Fsp3) is 0.464. The molecule has 1 fully saturated rings. The Hall–Kier alpha value is -3.24. The molecule has 2 aliphatic rings. The third-order valence-corrected chi connectivity index (χ3v) is 8.11. The number of ether oxygens (including phenoxy) is 1. The van der Waals surface area contributed by atoms with Gasteiger partial charge < -0.3 is 19.9 Å². The van der Waals surface area contributed by atoms with Gasteiger partial charge in [0.2, 0.25) is 11.8 Å². The van der Waals surface area contributed by atoms with Crippen LogP contribution in [0.1, 0.15) is 42.7 Å². The van der Waals surface area contributed by atoms with E-state index in [1.807, 2.05) is 35.4 Å². The van der Waals surface area contributed by atoms with E-state index in [1.165, 1.54) is 11.8 Å². The standard InChI is InChI=1S/C28H34N6O3S/c1-18(2)16-34(28(36)22-4-6-23-27(30-22)31-24(35)17-38-23)20-10-14-33(15-11-20)13-9-19-8-12-29-21-5-7-25(37-3)32-26(19)21/h4-8,12,18,20H,9-11,13-17H2,1-3H3,(H,30,31,35). The molecule has 5 heterocycles. The predicted octanol–water partition coefficient (Wildman–Crippen LogP) is 3.88. The quantitative estimate of drug-likeness (QED) is 0.465. The normalized spacial score (nSPS) is 16.4. The van der Waals surface area contributed by atoms with Crippen molar-refractivity contribution in [3.05, 3.63) is 47.8 Å². The second-order valence-electron chi connectivity index (χ2n) is 10.2. The van der Waals surface area contributed by atoms with Gasteiger partial charge in [0.15, 0.2) is 0 Å². The van der Waals surface area contributed by atoms with Crippen LogP contribution in [0.5, 0.6) is 5.88 Å². The minimum absolute atomic E-state index is 0.0620. The number of amides is 2. The molecule has 0 aromatic carbocycles. The highest BCUT2D eigenvalue weighted by Crippen LogP contribution is 2.30. The van der Waals surface area contributed by atoms with Gasteiger partial charge in [-0.2, -0.15) is 0 Å². The maximum Gasteiger partial charge on any atom is 0.272 e. The lowest BCUT2D eigenvalue weighted by atomic mass is 10.00.